The average molecular weight is 510 g/mol. The summed E-state index contributed by atoms with van der Waals surface area (Å²) in [5.74, 6) is -1.21. The van der Waals surface area contributed by atoms with Crippen LogP contribution in [0, 0.1) is 13.8 Å². The Morgan fingerprint density at radius 2 is 1.63 bits per heavy atom. The van der Waals surface area contributed by atoms with Gasteiger partial charge in [-0.2, -0.15) is 0 Å². The maximum absolute atomic E-state index is 13.1. The fourth-order valence-corrected chi connectivity index (χ4v) is 3.96. The van der Waals surface area contributed by atoms with Gasteiger partial charge in [-0.3, -0.25) is 14.4 Å². The van der Waals surface area contributed by atoms with Gasteiger partial charge in [0.2, 0.25) is 0 Å². The van der Waals surface area contributed by atoms with Gasteiger partial charge >= 0.3 is 0 Å². The smallest absolute Gasteiger partial charge is 0.283 e. The molecule has 1 aliphatic rings. The highest BCUT2D eigenvalue weighted by Gasteiger charge is 2.40. The number of carbonyl (C=O) groups is 3. The number of hydrogen-bond acceptors (Lipinski definition) is 5. The van der Waals surface area contributed by atoms with E-state index in [-0.39, 0.29) is 16.6 Å². The number of halogens is 2. The predicted octanol–water partition coefficient (Wildman–Crippen LogP) is 5.65. The molecule has 0 aromatic heterocycles. The number of rotatable bonds is 6. The first kappa shape index (κ1) is 24.3. The van der Waals surface area contributed by atoms with Crippen molar-refractivity contribution >= 4 is 58.0 Å². The average Bonchev–Trinajstić information content (AvgIpc) is 3.04. The fourth-order valence-electron chi connectivity index (χ4n) is 3.58. The normalized spacial score (nSPS) is 13.3. The summed E-state index contributed by atoms with van der Waals surface area (Å²) < 4.78 is 5.32. The van der Waals surface area contributed by atoms with Gasteiger partial charge in [0, 0.05) is 22.0 Å². The van der Waals surface area contributed by atoms with Crippen molar-refractivity contribution < 1.29 is 19.1 Å². The molecule has 0 aliphatic carbocycles. The number of nitrogens with one attached hydrogen (secondary N) is 2. The molecule has 1 heterocycles. The van der Waals surface area contributed by atoms with Crippen LogP contribution >= 0.6 is 23.2 Å². The minimum absolute atomic E-state index is 0.0630. The van der Waals surface area contributed by atoms with E-state index in [1.807, 2.05) is 26.0 Å². The summed E-state index contributed by atoms with van der Waals surface area (Å²) >= 11 is 12.3. The number of imide groups is 1. The van der Waals surface area contributed by atoms with Gasteiger partial charge in [0.05, 0.1) is 12.8 Å². The Hall–Kier alpha value is -3.81. The fraction of sp³-hybridized carbons (Fsp3) is 0.115. The molecule has 3 amide bonds. The molecule has 0 unspecified atom stereocenters. The number of amides is 3. The van der Waals surface area contributed by atoms with Gasteiger partial charge in [0.25, 0.3) is 17.7 Å². The van der Waals surface area contributed by atoms with E-state index >= 15 is 0 Å². The van der Waals surface area contributed by atoms with Crippen LogP contribution < -0.4 is 20.3 Å². The van der Waals surface area contributed by atoms with Gasteiger partial charge in [-0.15, -0.1) is 0 Å². The van der Waals surface area contributed by atoms with Crippen LogP contribution in [0.2, 0.25) is 5.02 Å². The summed E-state index contributed by atoms with van der Waals surface area (Å²) in [5, 5.41) is 6.01. The lowest BCUT2D eigenvalue weighted by molar-refractivity contribution is -0.120. The first-order valence-electron chi connectivity index (χ1n) is 10.6. The number of nitrogens with zero attached hydrogens (tertiary/aromatic N) is 1. The zero-order valence-electron chi connectivity index (χ0n) is 19.1. The molecule has 0 radical (unpaired) electrons. The minimum Gasteiger partial charge on any atom is -0.495 e. The molecule has 3 aromatic carbocycles. The van der Waals surface area contributed by atoms with E-state index in [1.165, 1.54) is 7.11 Å². The molecule has 0 fully saturated rings. The Morgan fingerprint density at radius 1 is 0.914 bits per heavy atom. The minimum atomic E-state index is -0.657. The lowest BCUT2D eigenvalue weighted by Crippen LogP contribution is -2.32. The van der Waals surface area contributed by atoms with Crippen LogP contribution in [0.3, 0.4) is 0 Å². The molecule has 0 saturated carbocycles. The van der Waals surface area contributed by atoms with E-state index < -0.39 is 11.8 Å². The summed E-state index contributed by atoms with van der Waals surface area (Å²) in [6.45, 7) is 3.71. The third-order valence-corrected chi connectivity index (χ3v) is 6.05. The molecule has 0 saturated heterocycles. The Bertz CT molecular complexity index is 1380. The van der Waals surface area contributed by atoms with E-state index in [0.717, 1.165) is 16.0 Å². The molecule has 2 N–H and O–H groups in total. The van der Waals surface area contributed by atoms with Crippen LogP contribution in [-0.4, -0.2) is 24.8 Å². The van der Waals surface area contributed by atoms with Crippen LogP contribution in [0.25, 0.3) is 0 Å². The standard InChI is InChI=1S/C26H21Cl2N3O4/c1-14-4-11-21(35-3)20(12-14)31-25(33)22(28)23(26(31)34)29-18-9-6-16(7-10-18)24(32)30-19-13-17(27)8-5-15(19)2/h4-13,29H,1-3H3,(H,30,32). The highest BCUT2D eigenvalue weighted by molar-refractivity contribution is 6.53. The van der Waals surface area contributed by atoms with E-state index in [4.69, 9.17) is 27.9 Å². The third kappa shape index (κ3) is 4.87. The molecule has 0 atom stereocenters. The molecular formula is C26H21Cl2N3O4. The second kappa shape index (κ2) is 9.82. The molecule has 35 heavy (non-hydrogen) atoms. The molecule has 0 spiro atoms. The van der Waals surface area contributed by atoms with E-state index in [0.29, 0.717) is 33.4 Å². The Morgan fingerprint density at radius 3 is 2.31 bits per heavy atom. The quantitative estimate of drug-likeness (QED) is 0.419. The number of methoxy groups -OCH3 is 1. The van der Waals surface area contributed by atoms with Crippen molar-refractivity contribution in [3.8, 4) is 5.75 Å². The summed E-state index contributed by atoms with van der Waals surface area (Å²) in [6, 6.07) is 16.8. The number of benzene rings is 3. The SMILES string of the molecule is COc1ccc(C)cc1N1C(=O)C(Cl)=C(Nc2ccc(C(=O)Nc3cc(Cl)ccc3C)cc2)C1=O. The van der Waals surface area contributed by atoms with Crippen molar-refractivity contribution in [2.45, 2.75) is 13.8 Å². The third-order valence-electron chi connectivity index (χ3n) is 5.47. The van der Waals surface area contributed by atoms with Crippen molar-refractivity contribution in [3.63, 3.8) is 0 Å². The van der Waals surface area contributed by atoms with Crippen molar-refractivity contribution in [2.24, 2.45) is 0 Å². The molecule has 0 bridgehead atoms. The van der Waals surface area contributed by atoms with Gasteiger partial charge in [0.15, 0.2) is 0 Å². The Kier molecular flexibility index (Phi) is 6.82. The Balaban J connectivity index is 1.52. The number of anilines is 3. The van der Waals surface area contributed by atoms with Crippen LogP contribution in [0.5, 0.6) is 5.75 Å². The van der Waals surface area contributed by atoms with Gasteiger partial charge in [-0.1, -0.05) is 35.3 Å². The van der Waals surface area contributed by atoms with E-state index in [2.05, 4.69) is 10.6 Å². The van der Waals surface area contributed by atoms with Crippen molar-refractivity contribution in [3.05, 3.63) is 93.1 Å². The van der Waals surface area contributed by atoms with Gasteiger partial charge in [-0.25, -0.2) is 4.90 Å². The maximum atomic E-state index is 13.1. The van der Waals surface area contributed by atoms with Gasteiger partial charge in [-0.05, 0) is 73.5 Å². The molecule has 9 heteroatoms. The van der Waals surface area contributed by atoms with Crippen molar-refractivity contribution in [1.82, 2.24) is 0 Å². The lowest BCUT2D eigenvalue weighted by Gasteiger charge is -2.18. The highest BCUT2D eigenvalue weighted by Crippen LogP contribution is 2.36. The molecule has 3 aromatic rings. The van der Waals surface area contributed by atoms with Crippen LogP contribution in [0.15, 0.2) is 71.4 Å². The van der Waals surface area contributed by atoms with Crippen LogP contribution in [0.4, 0.5) is 17.1 Å². The number of aryl methyl sites for hydroxylation is 2. The number of hydrogen-bond donors (Lipinski definition) is 2. The summed E-state index contributed by atoms with van der Waals surface area (Å²) in [4.78, 5) is 39.6. The van der Waals surface area contributed by atoms with Gasteiger partial charge in [0.1, 0.15) is 16.5 Å². The van der Waals surface area contributed by atoms with Crippen LogP contribution in [0.1, 0.15) is 21.5 Å². The topological polar surface area (TPSA) is 87.7 Å². The van der Waals surface area contributed by atoms with Crippen molar-refractivity contribution in [2.75, 3.05) is 22.6 Å². The largest absolute Gasteiger partial charge is 0.495 e. The molecule has 4 rings (SSSR count). The summed E-state index contributed by atoms with van der Waals surface area (Å²) in [5.41, 5.74) is 3.46. The summed E-state index contributed by atoms with van der Waals surface area (Å²) in [7, 11) is 1.46. The molecular weight excluding hydrogens is 489 g/mol. The predicted molar refractivity (Wildman–Crippen MR) is 137 cm³/mol. The van der Waals surface area contributed by atoms with E-state index in [1.54, 1.807) is 48.5 Å². The first-order valence-corrected chi connectivity index (χ1v) is 11.3. The number of carbonyl (C=O) groups excluding carboxylic acids is 3. The zero-order chi connectivity index (χ0) is 25.3. The highest BCUT2D eigenvalue weighted by atomic mass is 35.5. The number of ether oxygens (including phenoxy) is 1. The maximum Gasteiger partial charge on any atom is 0.283 e. The molecule has 1 aliphatic heterocycles. The Labute approximate surface area is 212 Å². The van der Waals surface area contributed by atoms with Gasteiger partial charge < -0.3 is 15.4 Å². The molecule has 178 valence electrons. The van der Waals surface area contributed by atoms with Crippen molar-refractivity contribution in [1.29, 1.82) is 0 Å². The lowest BCUT2D eigenvalue weighted by atomic mass is 10.1. The second-order valence-corrected chi connectivity index (χ2v) is 8.74. The summed E-state index contributed by atoms with van der Waals surface area (Å²) in [6.07, 6.45) is 0. The first-order chi connectivity index (χ1) is 16.7. The molecule has 7 nitrogen and oxygen atoms in total. The van der Waals surface area contributed by atoms with Crippen LogP contribution in [-0.2, 0) is 9.59 Å². The second-order valence-electron chi connectivity index (χ2n) is 7.93. The monoisotopic (exact) mass is 509 g/mol. The van der Waals surface area contributed by atoms with E-state index in [9.17, 15) is 14.4 Å². The zero-order valence-corrected chi connectivity index (χ0v) is 20.6.